The molecule has 7 heteroatoms. The van der Waals surface area contributed by atoms with Gasteiger partial charge in [0.2, 0.25) is 5.91 Å². The zero-order valence-corrected chi connectivity index (χ0v) is 22.4. The Bertz CT molecular complexity index is 1350. The zero-order valence-electron chi connectivity index (χ0n) is 22.4. The summed E-state index contributed by atoms with van der Waals surface area (Å²) in [6.07, 6.45) is 0.619. The van der Waals surface area contributed by atoms with E-state index in [9.17, 15) is 9.59 Å². The maximum absolute atomic E-state index is 12.9. The SMILES string of the molecule is CC(=O)N1CC[C@H](Nc2cc(-c3ccc4c(c3)N(C)CCN4C(=O)OC(C)(C)C)c3ccccc3c2)C1. The van der Waals surface area contributed by atoms with Gasteiger partial charge in [-0.15, -0.1) is 0 Å². The van der Waals surface area contributed by atoms with Crippen molar-refractivity contribution >= 4 is 39.8 Å². The molecule has 0 unspecified atom stereocenters. The molecule has 1 N–H and O–H groups in total. The summed E-state index contributed by atoms with van der Waals surface area (Å²) in [4.78, 5) is 30.6. The second kappa shape index (κ2) is 9.61. The maximum atomic E-state index is 12.9. The molecule has 0 radical (unpaired) electrons. The average Bonchev–Trinajstić information content (AvgIpc) is 3.31. The number of nitrogens with zero attached hydrogens (tertiary/aromatic N) is 3. The van der Waals surface area contributed by atoms with Gasteiger partial charge in [-0.05, 0) is 73.4 Å². The Morgan fingerprint density at radius 3 is 2.49 bits per heavy atom. The standard InChI is InChI=1S/C30H36N4O3/c1-20(35)33-13-12-23(19-33)31-24-16-21-8-6-7-9-25(21)26(18-24)22-10-11-27-28(17-22)32(5)14-15-34(27)29(36)37-30(2,3)4/h6-11,16-18,23,31H,12-15,19H2,1-5H3/t23-/m0/s1. The minimum absolute atomic E-state index is 0.127. The van der Waals surface area contributed by atoms with Crippen LogP contribution in [0.1, 0.15) is 34.1 Å². The van der Waals surface area contributed by atoms with Crippen molar-refractivity contribution in [2.45, 2.75) is 45.8 Å². The van der Waals surface area contributed by atoms with E-state index < -0.39 is 5.60 Å². The van der Waals surface area contributed by atoms with Crippen LogP contribution in [-0.4, -0.2) is 61.8 Å². The normalized spacial score (nSPS) is 17.6. The summed E-state index contributed by atoms with van der Waals surface area (Å²) in [5, 5.41) is 6.00. The fraction of sp³-hybridized carbons (Fsp3) is 0.400. The van der Waals surface area contributed by atoms with E-state index in [1.54, 1.807) is 11.8 Å². The van der Waals surface area contributed by atoms with Crippen molar-refractivity contribution in [2.75, 3.05) is 48.3 Å². The van der Waals surface area contributed by atoms with E-state index in [2.05, 4.69) is 65.8 Å². The van der Waals surface area contributed by atoms with Crippen LogP contribution in [0.15, 0.2) is 54.6 Å². The number of hydrogen-bond acceptors (Lipinski definition) is 5. The zero-order chi connectivity index (χ0) is 26.3. The Hall–Kier alpha value is -3.74. The van der Waals surface area contributed by atoms with E-state index in [1.165, 1.54) is 5.39 Å². The molecule has 194 valence electrons. The van der Waals surface area contributed by atoms with Crippen molar-refractivity contribution in [1.82, 2.24) is 4.90 Å². The van der Waals surface area contributed by atoms with Crippen LogP contribution in [0.3, 0.4) is 0 Å². The molecule has 0 aromatic heterocycles. The van der Waals surface area contributed by atoms with Gasteiger partial charge in [-0.25, -0.2) is 4.79 Å². The second-order valence-electron chi connectivity index (χ2n) is 11.1. The Labute approximate surface area is 219 Å². The van der Waals surface area contributed by atoms with Crippen LogP contribution in [0.4, 0.5) is 21.9 Å². The van der Waals surface area contributed by atoms with Crippen molar-refractivity contribution in [3.8, 4) is 11.1 Å². The lowest BCUT2D eigenvalue weighted by molar-refractivity contribution is -0.127. The third-order valence-electron chi connectivity index (χ3n) is 7.13. The highest BCUT2D eigenvalue weighted by atomic mass is 16.6. The first-order valence-corrected chi connectivity index (χ1v) is 13.0. The third-order valence-corrected chi connectivity index (χ3v) is 7.13. The number of hydrogen-bond donors (Lipinski definition) is 1. The van der Waals surface area contributed by atoms with Gasteiger partial charge in [0.1, 0.15) is 5.60 Å². The van der Waals surface area contributed by atoms with Crippen LogP contribution in [0.5, 0.6) is 0 Å². The monoisotopic (exact) mass is 500 g/mol. The molecular formula is C30H36N4O3. The molecule has 3 aromatic carbocycles. The molecule has 37 heavy (non-hydrogen) atoms. The van der Waals surface area contributed by atoms with Crippen LogP contribution in [0, 0.1) is 0 Å². The minimum atomic E-state index is -0.548. The van der Waals surface area contributed by atoms with Gasteiger partial charge in [0, 0.05) is 51.9 Å². The highest BCUT2D eigenvalue weighted by molar-refractivity contribution is 6.01. The molecule has 2 amide bonds. The van der Waals surface area contributed by atoms with Crippen molar-refractivity contribution in [3.63, 3.8) is 0 Å². The maximum Gasteiger partial charge on any atom is 0.414 e. The molecule has 0 aliphatic carbocycles. The lowest BCUT2D eigenvalue weighted by Crippen LogP contribution is -2.44. The number of nitrogens with one attached hydrogen (secondary N) is 1. The lowest BCUT2D eigenvalue weighted by Gasteiger charge is -2.36. The van der Waals surface area contributed by atoms with Gasteiger partial charge in [0.05, 0.1) is 11.4 Å². The summed E-state index contributed by atoms with van der Waals surface area (Å²) < 4.78 is 5.68. The van der Waals surface area contributed by atoms with Crippen LogP contribution >= 0.6 is 0 Å². The quantitative estimate of drug-likeness (QED) is 0.498. The van der Waals surface area contributed by atoms with E-state index in [4.69, 9.17) is 4.74 Å². The second-order valence-corrected chi connectivity index (χ2v) is 11.1. The molecule has 0 spiro atoms. The van der Waals surface area contributed by atoms with Gasteiger partial charge >= 0.3 is 6.09 Å². The van der Waals surface area contributed by atoms with Gasteiger partial charge < -0.3 is 19.9 Å². The molecule has 1 atom stereocenters. The number of amides is 2. The summed E-state index contributed by atoms with van der Waals surface area (Å²) in [6.45, 7) is 10.1. The fourth-order valence-corrected chi connectivity index (χ4v) is 5.26. The Morgan fingerprint density at radius 1 is 0.973 bits per heavy atom. The highest BCUT2D eigenvalue weighted by Gasteiger charge is 2.30. The predicted molar refractivity (Wildman–Crippen MR) is 151 cm³/mol. The topological polar surface area (TPSA) is 65.1 Å². The van der Waals surface area contributed by atoms with E-state index in [0.29, 0.717) is 6.54 Å². The van der Waals surface area contributed by atoms with E-state index in [-0.39, 0.29) is 18.0 Å². The van der Waals surface area contributed by atoms with E-state index >= 15 is 0 Å². The van der Waals surface area contributed by atoms with E-state index in [1.807, 2.05) is 31.7 Å². The minimum Gasteiger partial charge on any atom is -0.443 e. The highest BCUT2D eigenvalue weighted by Crippen LogP contribution is 2.40. The van der Waals surface area contributed by atoms with Gasteiger partial charge in [-0.1, -0.05) is 30.3 Å². The number of likely N-dealkylation sites (tertiary alicyclic amines) is 1. The summed E-state index contributed by atoms with van der Waals surface area (Å²) in [7, 11) is 2.06. The molecule has 2 heterocycles. The Morgan fingerprint density at radius 2 is 1.76 bits per heavy atom. The largest absolute Gasteiger partial charge is 0.443 e. The number of likely N-dealkylation sites (N-methyl/N-ethyl adjacent to an activating group) is 1. The number of carbonyl (C=O) groups is 2. The first-order valence-electron chi connectivity index (χ1n) is 13.0. The van der Waals surface area contributed by atoms with Crippen LogP contribution in [0.25, 0.3) is 21.9 Å². The van der Waals surface area contributed by atoms with Crippen molar-refractivity contribution in [3.05, 3.63) is 54.6 Å². The number of anilines is 3. The van der Waals surface area contributed by atoms with E-state index in [0.717, 1.165) is 59.6 Å². The molecule has 0 bridgehead atoms. The molecule has 1 fully saturated rings. The number of benzene rings is 3. The van der Waals surface area contributed by atoms with Gasteiger partial charge in [0.25, 0.3) is 0 Å². The molecule has 0 saturated carbocycles. The fourth-order valence-electron chi connectivity index (χ4n) is 5.26. The first-order chi connectivity index (χ1) is 17.6. The number of ether oxygens (including phenoxy) is 1. The molecule has 1 saturated heterocycles. The summed E-state index contributed by atoms with van der Waals surface area (Å²) >= 11 is 0. The molecule has 2 aliphatic heterocycles. The van der Waals surface area contributed by atoms with Crippen molar-refractivity contribution in [2.24, 2.45) is 0 Å². The number of carbonyl (C=O) groups excluding carboxylic acids is 2. The number of rotatable bonds is 3. The van der Waals surface area contributed by atoms with Gasteiger partial charge in [0.15, 0.2) is 0 Å². The Kier molecular flexibility index (Phi) is 6.48. The predicted octanol–water partition coefficient (Wildman–Crippen LogP) is 5.73. The summed E-state index contributed by atoms with van der Waals surface area (Å²) in [5.74, 6) is 0.127. The van der Waals surface area contributed by atoms with Crippen molar-refractivity contribution < 1.29 is 14.3 Å². The van der Waals surface area contributed by atoms with Gasteiger partial charge in [-0.2, -0.15) is 0 Å². The van der Waals surface area contributed by atoms with Crippen LogP contribution in [0.2, 0.25) is 0 Å². The van der Waals surface area contributed by atoms with Crippen LogP contribution < -0.4 is 15.1 Å². The lowest BCUT2D eigenvalue weighted by atomic mass is 9.95. The molecule has 2 aliphatic rings. The average molecular weight is 501 g/mol. The first kappa shape index (κ1) is 24.9. The third kappa shape index (κ3) is 5.22. The van der Waals surface area contributed by atoms with Crippen molar-refractivity contribution in [1.29, 1.82) is 0 Å². The molecule has 5 rings (SSSR count). The molecule has 3 aromatic rings. The summed E-state index contributed by atoms with van der Waals surface area (Å²) in [6, 6.07) is 19.3. The van der Waals surface area contributed by atoms with Gasteiger partial charge in [-0.3, -0.25) is 9.69 Å². The smallest absolute Gasteiger partial charge is 0.414 e. The summed E-state index contributed by atoms with van der Waals surface area (Å²) in [5.41, 5.74) is 4.59. The molecular weight excluding hydrogens is 464 g/mol. The number of fused-ring (bicyclic) bond motifs is 2. The molecule has 7 nitrogen and oxygen atoms in total. The van der Waals surface area contributed by atoms with Crippen LogP contribution in [-0.2, 0) is 9.53 Å². The Balaban J connectivity index is 1.51.